The summed E-state index contributed by atoms with van der Waals surface area (Å²) in [4.78, 5) is 27.2. The summed E-state index contributed by atoms with van der Waals surface area (Å²) < 4.78 is 0. The first-order valence-electron chi connectivity index (χ1n) is 7.67. The Kier molecular flexibility index (Phi) is 4.40. The molecule has 1 fully saturated rings. The Hall–Kier alpha value is -1.53. The van der Waals surface area contributed by atoms with Crippen LogP contribution in [0.2, 0.25) is 0 Å². The third-order valence-electron chi connectivity index (χ3n) is 4.47. The minimum absolute atomic E-state index is 0.0212. The van der Waals surface area contributed by atoms with Crippen molar-refractivity contribution in [3.8, 4) is 0 Å². The Morgan fingerprint density at radius 1 is 1.32 bits per heavy atom. The van der Waals surface area contributed by atoms with Gasteiger partial charge < -0.3 is 16.0 Å². The highest BCUT2D eigenvalue weighted by Crippen LogP contribution is 2.35. The van der Waals surface area contributed by atoms with Gasteiger partial charge in [0.2, 0.25) is 11.8 Å². The van der Waals surface area contributed by atoms with Gasteiger partial charge >= 0.3 is 0 Å². The number of carbonyl (C=O) groups is 2. The normalized spacial score (nSPS) is 19.9. The number of anilines is 1. The standard InChI is InChI=1S/C16H21N3O2S/c17-11-16(7-3-4-8-16)18-14(20)9-19-12-5-1-2-6-13(12)22-10-15(19)21/h1-2,5-6H,3-4,7-11,17H2,(H,18,20). The van der Waals surface area contributed by atoms with E-state index in [-0.39, 0.29) is 23.9 Å². The average molecular weight is 319 g/mol. The molecule has 1 aliphatic carbocycles. The zero-order valence-electron chi connectivity index (χ0n) is 12.5. The maximum Gasteiger partial charge on any atom is 0.240 e. The van der Waals surface area contributed by atoms with Crippen LogP contribution >= 0.6 is 11.8 Å². The van der Waals surface area contributed by atoms with Crippen molar-refractivity contribution >= 4 is 29.3 Å². The molecule has 2 aliphatic rings. The molecule has 3 rings (SSSR count). The van der Waals surface area contributed by atoms with Gasteiger partial charge in [-0.25, -0.2) is 0 Å². The summed E-state index contributed by atoms with van der Waals surface area (Å²) in [6.07, 6.45) is 4.05. The molecular weight excluding hydrogens is 298 g/mol. The molecular formula is C16H21N3O2S. The maximum absolute atomic E-state index is 12.4. The van der Waals surface area contributed by atoms with Crippen LogP contribution in [-0.4, -0.2) is 36.2 Å². The van der Waals surface area contributed by atoms with E-state index >= 15 is 0 Å². The van der Waals surface area contributed by atoms with E-state index in [0.29, 0.717) is 12.3 Å². The van der Waals surface area contributed by atoms with E-state index in [1.165, 1.54) is 11.8 Å². The third-order valence-corrected chi connectivity index (χ3v) is 5.51. The minimum atomic E-state index is -0.274. The SMILES string of the molecule is NCC1(NC(=O)CN2C(=O)CSc3ccccc32)CCCC1. The van der Waals surface area contributed by atoms with Crippen LogP contribution in [0.1, 0.15) is 25.7 Å². The van der Waals surface area contributed by atoms with Gasteiger partial charge in [-0.1, -0.05) is 25.0 Å². The number of nitrogens with one attached hydrogen (secondary N) is 1. The van der Waals surface area contributed by atoms with E-state index in [1.54, 1.807) is 4.90 Å². The lowest BCUT2D eigenvalue weighted by molar-refractivity contribution is -0.124. The second-order valence-electron chi connectivity index (χ2n) is 5.98. The number of fused-ring (bicyclic) bond motifs is 1. The van der Waals surface area contributed by atoms with Crippen LogP contribution in [0.5, 0.6) is 0 Å². The zero-order chi connectivity index (χ0) is 15.6. The predicted octanol–water partition coefficient (Wildman–Crippen LogP) is 1.51. The molecule has 1 aliphatic heterocycles. The molecule has 0 aromatic heterocycles. The Labute approximate surface area is 134 Å². The number of nitrogens with two attached hydrogens (primary N) is 1. The third kappa shape index (κ3) is 2.98. The molecule has 0 saturated heterocycles. The monoisotopic (exact) mass is 319 g/mol. The van der Waals surface area contributed by atoms with Crippen LogP contribution in [0, 0.1) is 0 Å². The van der Waals surface area contributed by atoms with E-state index in [2.05, 4.69) is 5.32 Å². The van der Waals surface area contributed by atoms with Crippen molar-refractivity contribution in [3.05, 3.63) is 24.3 Å². The highest BCUT2D eigenvalue weighted by molar-refractivity contribution is 8.00. The number of nitrogens with zero attached hydrogens (tertiary/aromatic N) is 1. The smallest absolute Gasteiger partial charge is 0.240 e. The van der Waals surface area contributed by atoms with Crippen molar-refractivity contribution in [2.45, 2.75) is 36.1 Å². The van der Waals surface area contributed by atoms with Crippen molar-refractivity contribution in [1.82, 2.24) is 5.32 Å². The van der Waals surface area contributed by atoms with Crippen molar-refractivity contribution < 1.29 is 9.59 Å². The first-order chi connectivity index (χ1) is 10.6. The van der Waals surface area contributed by atoms with Crippen LogP contribution in [-0.2, 0) is 9.59 Å². The van der Waals surface area contributed by atoms with Gasteiger partial charge in [0.05, 0.1) is 17.0 Å². The van der Waals surface area contributed by atoms with Gasteiger partial charge in [-0.15, -0.1) is 11.8 Å². The molecule has 0 spiro atoms. The lowest BCUT2D eigenvalue weighted by Crippen LogP contribution is -2.55. The molecule has 0 bridgehead atoms. The summed E-state index contributed by atoms with van der Waals surface area (Å²) in [5, 5.41) is 3.08. The molecule has 0 radical (unpaired) electrons. The van der Waals surface area contributed by atoms with Crippen molar-refractivity contribution in [1.29, 1.82) is 0 Å². The molecule has 1 aromatic carbocycles. The Bertz CT molecular complexity index is 585. The van der Waals surface area contributed by atoms with Crippen molar-refractivity contribution in [3.63, 3.8) is 0 Å². The number of para-hydroxylation sites is 1. The van der Waals surface area contributed by atoms with Crippen LogP contribution < -0.4 is 16.0 Å². The van der Waals surface area contributed by atoms with Gasteiger partial charge in [0.15, 0.2) is 0 Å². The van der Waals surface area contributed by atoms with Crippen molar-refractivity contribution in [2.24, 2.45) is 5.73 Å². The van der Waals surface area contributed by atoms with Crippen LogP contribution in [0.15, 0.2) is 29.2 Å². The fourth-order valence-electron chi connectivity index (χ4n) is 3.24. The Balaban J connectivity index is 1.72. The van der Waals surface area contributed by atoms with Gasteiger partial charge in [-0.2, -0.15) is 0 Å². The quantitative estimate of drug-likeness (QED) is 0.882. The molecule has 0 unspecified atom stereocenters. The van der Waals surface area contributed by atoms with Gasteiger partial charge in [0, 0.05) is 11.4 Å². The summed E-state index contributed by atoms with van der Waals surface area (Å²) in [6, 6.07) is 7.71. The minimum Gasteiger partial charge on any atom is -0.348 e. The fourth-order valence-corrected chi connectivity index (χ4v) is 4.17. The van der Waals surface area contributed by atoms with E-state index < -0.39 is 0 Å². The van der Waals surface area contributed by atoms with Crippen LogP contribution in [0.4, 0.5) is 5.69 Å². The summed E-state index contributed by atoms with van der Waals surface area (Å²) in [6.45, 7) is 0.525. The lowest BCUT2D eigenvalue weighted by atomic mass is 9.98. The van der Waals surface area contributed by atoms with E-state index in [1.807, 2.05) is 24.3 Å². The van der Waals surface area contributed by atoms with Gasteiger partial charge in [-0.05, 0) is 25.0 Å². The maximum atomic E-state index is 12.4. The number of benzene rings is 1. The number of thioether (sulfide) groups is 1. The Morgan fingerprint density at radius 3 is 2.77 bits per heavy atom. The first-order valence-corrected chi connectivity index (χ1v) is 8.65. The summed E-state index contributed by atoms with van der Waals surface area (Å²) in [5.41, 5.74) is 6.41. The lowest BCUT2D eigenvalue weighted by Gasteiger charge is -2.32. The average Bonchev–Trinajstić information content (AvgIpc) is 2.99. The zero-order valence-corrected chi connectivity index (χ0v) is 13.3. The summed E-state index contributed by atoms with van der Waals surface area (Å²) in [5.74, 6) is 0.237. The van der Waals surface area contributed by atoms with Crippen LogP contribution in [0.3, 0.4) is 0 Å². The molecule has 0 atom stereocenters. The molecule has 1 aromatic rings. The number of carbonyl (C=O) groups excluding carboxylic acids is 2. The second-order valence-corrected chi connectivity index (χ2v) is 6.99. The van der Waals surface area contributed by atoms with E-state index in [9.17, 15) is 9.59 Å². The number of rotatable bonds is 4. The molecule has 3 N–H and O–H groups in total. The molecule has 1 heterocycles. The first kappa shape index (κ1) is 15.4. The Morgan fingerprint density at radius 2 is 2.05 bits per heavy atom. The molecule has 118 valence electrons. The number of amides is 2. The van der Waals surface area contributed by atoms with Gasteiger partial charge in [-0.3, -0.25) is 9.59 Å². The predicted molar refractivity (Wildman–Crippen MR) is 87.9 cm³/mol. The number of hydrogen-bond donors (Lipinski definition) is 2. The molecule has 6 heteroatoms. The second kappa shape index (κ2) is 6.30. The largest absolute Gasteiger partial charge is 0.348 e. The van der Waals surface area contributed by atoms with Gasteiger partial charge in [0.1, 0.15) is 6.54 Å². The van der Waals surface area contributed by atoms with Crippen LogP contribution in [0.25, 0.3) is 0 Å². The summed E-state index contributed by atoms with van der Waals surface area (Å²) in [7, 11) is 0. The molecule has 1 saturated carbocycles. The molecule has 2 amide bonds. The van der Waals surface area contributed by atoms with E-state index in [4.69, 9.17) is 5.73 Å². The highest BCUT2D eigenvalue weighted by atomic mass is 32.2. The van der Waals surface area contributed by atoms with E-state index in [0.717, 1.165) is 36.3 Å². The van der Waals surface area contributed by atoms with Crippen molar-refractivity contribution in [2.75, 3.05) is 23.7 Å². The molecule has 5 nitrogen and oxygen atoms in total. The highest BCUT2D eigenvalue weighted by Gasteiger charge is 2.35. The topological polar surface area (TPSA) is 75.4 Å². The number of hydrogen-bond acceptors (Lipinski definition) is 4. The molecule has 22 heavy (non-hydrogen) atoms. The van der Waals surface area contributed by atoms with Gasteiger partial charge in [0.25, 0.3) is 0 Å². The summed E-state index contributed by atoms with van der Waals surface area (Å²) >= 11 is 1.52. The fraction of sp³-hybridized carbons (Fsp3) is 0.500.